The molecular weight excluding hydrogens is 156 g/mol. The highest BCUT2D eigenvalue weighted by molar-refractivity contribution is 4.44. The summed E-state index contributed by atoms with van der Waals surface area (Å²) in [5, 5.41) is 0. The van der Waals surface area contributed by atoms with Crippen molar-refractivity contribution in [1.82, 2.24) is 0 Å². The molecule has 1 atom stereocenters. The minimum absolute atomic E-state index is 0.127. The highest BCUT2D eigenvalue weighted by Crippen LogP contribution is 1.94. The topological polar surface area (TPSA) is 27.7 Å². The van der Waals surface area contributed by atoms with Gasteiger partial charge in [-0.3, -0.25) is 0 Å². The summed E-state index contributed by atoms with van der Waals surface area (Å²) < 4.78 is 5.37. The molecule has 0 amide bonds. The first-order valence-corrected chi connectivity index (χ1v) is 4.67. The molecule has 0 saturated heterocycles. The molecule has 0 aromatic carbocycles. The Kier molecular flexibility index (Phi) is 8.88. The van der Waals surface area contributed by atoms with E-state index in [0.29, 0.717) is 13.2 Å². The Morgan fingerprint density at radius 1 is 1.00 bits per heavy atom. The predicted molar refractivity (Wildman–Crippen MR) is 47.9 cm³/mol. The van der Waals surface area contributed by atoms with Crippen LogP contribution in [-0.4, -0.2) is 25.9 Å². The van der Waals surface area contributed by atoms with E-state index in [-0.39, 0.29) is 6.10 Å². The van der Waals surface area contributed by atoms with Crippen LogP contribution in [0.3, 0.4) is 0 Å². The van der Waals surface area contributed by atoms with Crippen molar-refractivity contribution >= 4 is 0 Å². The van der Waals surface area contributed by atoms with Crippen LogP contribution in [0.15, 0.2) is 0 Å². The largest absolute Gasteiger partial charge is 0.376 e. The second-order valence-electron chi connectivity index (χ2n) is 2.79. The second-order valence-corrected chi connectivity index (χ2v) is 2.79. The van der Waals surface area contributed by atoms with E-state index in [4.69, 9.17) is 14.5 Å². The van der Waals surface area contributed by atoms with E-state index in [9.17, 15) is 0 Å². The van der Waals surface area contributed by atoms with Crippen LogP contribution in [0.2, 0.25) is 0 Å². The third-order valence-corrected chi connectivity index (χ3v) is 1.28. The molecule has 74 valence electrons. The maximum absolute atomic E-state index is 5.37. The first-order valence-electron chi connectivity index (χ1n) is 4.67. The molecule has 0 spiro atoms. The molecule has 1 unspecified atom stereocenters. The fraction of sp³-hybridized carbons (Fsp3) is 1.00. The van der Waals surface area contributed by atoms with Crippen molar-refractivity contribution in [1.29, 1.82) is 0 Å². The molecule has 0 aliphatic heterocycles. The molecule has 0 rings (SSSR count). The van der Waals surface area contributed by atoms with Gasteiger partial charge in [-0.1, -0.05) is 13.8 Å². The molecule has 0 aliphatic carbocycles. The van der Waals surface area contributed by atoms with Gasteiger partial charge in [0.1, 0.15) is 6.61 Å². The quantitative estimate of drug-likeness (QED) is 0.322. The molecule has 0 N–H and O–H groups in total. The highest BCUT2D eigenvalue weighted by Gasteiger charge is 2.00. The van der Waals surface area contributed by atoms with Gasteiger partial charge in [0.15, 0.2) is 0 Å². The van der Waals surface area contributed by atoms with Crippen LogP contribution in [0, 0.1) is 0 Å². The minimum Gasteiger partial charge on any atom is -0.376 e. The molecule has 3 nitrogen and oxygen atoms in total. The smallest absolute Gasteiger partial charge is 0.108 e. The first kappa shape index (κ1) is 11.9. The molecule has 0 heterocycles. The Morgan fingerprint density at radius 2 is 1.67 bits per heavy atom. The molecule has 0 aliphatic rings. The van der Waals surface area contributed by atoms with Crippen LogP contribution in [0.4, 0.5) is 0 Å². The highest BCUT2D eigenvalue weighted by atomic mass is 17.2. The molecule has 0 radical (unpaired) electrons. The predicted octanol–water partition coefficient (Wildman–Crippen LogP) is 2.16. The van der Waals surface area contributed by atoms with E-state index >= 15 is 0 Å². The number of rotatable bonds is 8. The van der Waals surface area contributed by atoms with Crippen LogP contribution in [-0.2, 0) is 14.5 Å². The monoisotopic (exact) mass is 176 g/mol. The standard InChI is InChI=1S/C9H20O3/c1-4-6-10-9(3)8-12-11-7-5-2/h9H,4-8H2,1-3H3. The molecule has 0 fully saturated rings. The molecule has 0 aromatic rings. The van der Waals surface area contributed by atoms with Crippen molar-refractivity contribution < 1.29 is 14.5 Å². The lowest BCUT2D eigenvalue weighted by atomic mass is 10.4. The van der Waals surface area contributed by atoms with Crippen molar-refractivity contribution in [3.63, 3.8) is 0 Å². The number of hydrogen-bond acceptors (Lipinski definition) is 3. The molecule has 12 heavy (non-hydrogen) atoms. The van der Waals surface area contributed by atoms with Crippen molar-refractivity contribution in [2.45, 2.75) is 39.7 Å². The second kappa shape index (κ2) is 8.97. The normalized spacial score (nSPS) is 13.2. The van der Waals surface area contributed by atoms with Crippen LogP contribution >= 0.6 is 0 Å². The number of ether oxygens (including phenoxy) is 1. The molecule has 0 aromatic heterocycles. The summed E-state index contributed by atoms with van der Waals surface area (Å²) in [6.07, 6.45) is 2.14. The molecular formula is C9H20O3. The summed E-state index contributed by atoms with van der Waals surface area (Å²) in [6, 6.07) is 0. The van der Waals surface area contributed by atoms with Gasteiger partial charge in [0.2, 0.25) is 0 Å². The molecule has 3 heteroatoms. The fourth-order valence-corrected chi connectivity index (χ4v) is 0.653. The Hall–Kier alpha value is -0.120. The van der Waals surface area contributed by atoms with Crippen molar-refractivity contribution in [3.8, 4) is 0 Å². The summed E-state index contributed by atoms with van der Waals surface area (Å²) in [5.74, 6) is 0. The minimum atomic E-state index is 0.127. The van der Waals surface area contributed by atoms with Crippen molar-refractivity contribution in [2.24, 2.45) is 0 Å². The van der Waals surface area contributed by atoms with Crippen LogP contribution < -0.4 is 0 Å². The Morgan fingerprint density at radius 3 is 2.25 bits per heavy atom. The van der Waals surface area contributed by atoms with Crippen molar-refractivity contribution in [3.05, 3.63) is 0 Å². The van der Waals surface area contributed by atoms with E-state index in [1.807, 2.05) is 13.8 Å². The van der Waals surface area contributed by atoms with E-state index < -0.39 is 0 Å². The molecule has 0 saturated carbocycles. The first-order chi connectivity index (χ1) is 5.81. The van der Waals surface area contributed by atoms with Gasteiger partial charge in [-0.05, 0) is 19.8 Å². The van der Waals surface area contributed by atoms with E-state index in [0.717, 1.165) is 19.4 Å². The van der Waals surface area contributed by atoms with E-state index in [1.165, 1.54) is 0 Å². The Labute approximate surface area is 74.9 Å². The van der Waals surface area contributed by atoms with Crippen molar-refractivity contribution in [2.75, 3.05) is 19.8 Å². The van der Waals surface area contributed by atoms with Crippen LogP contribution in [0.1, 0.15) is 33.6 Å². The van der Waals surface area contributed by atoms with E-state index in [1.54, 1.807) is 0 Å². The third-order valence-electron chi connectivity index (χ3n) is 1.28. The lowest BCUT2D eigenvalue weighted by molar-refractivity contribution is -0.305. The Balaban J connectivity index is 3.02. The number of hydrogen-bond donors (Lipinski definition) is 0. The van der Waals surface area contributed by atoms with Gasteiger partial charge in [0, 0.05) is 6.61 Å². The Bertz CT molecular complexity index is 85.8. The average molecular weight is 176 g/mol. The summed E-state index contributed by atoms with van der Waals surface area (Å²) in [6.45, 7) is 8.06. The average Bonchev–Trinajstić information content (AvgIpc) is 2.09. The zero-order chi connectivity index (χ0) is 9.23. The van der Waals surface area contributed by atoms with Gasteiger partial charge in [-0.2, -0.15) is 0 Å². The maximum Gasteiger partial charge on any atom is 0.108 e. The summed E-state index contributed by atoms with van der Waals surface area (Å²) in [7, 11) is 0. The van der Waals surface area contributed by atoms with Gasteiger partial charge in [0.25, 0.3) is 0 Å². The van der Waals surface area contributed by atoms with E-state index in [2.05, 4.69) is 6.92 Å². The van der Waals surface area contributed by atoms with Gasteiger partial charge in [0.05, 0.1) is 12.7 Å². The lowest BCUT2D eigenvalue weighted by Crippen LogP contribution is -2.16. The van der Waals surface area contributed by atoms with Gasteiger partial charge in [-0.25, -0.2) is 9.78 Å². The summed E-state index contributed by atoms with van der Waals surface area (Å²) >= 11 is 0. The summed E-state index contributed by atoms with van der Waals surface area (Å²) in [4.78, 5) is 9.76. The van der Waals surface area contributed by atoms with Gasteiger partial charge >= 0.3 is 0 Å². The summed E-state index contributed by atoms with van der Waals surface area (Å²) in [5.41, 5.74) is 0. The van der Waals surface area contributed by atoms with Gasteiger partial charge < -0.3 is 4.74 Å². The van der Waals surface area contributed by atoms with Gasteiger partial charge in [-0.15, -0.1) is 0 Å². The zero-order valence-corrected chi connectivity index (χ0v) is 8.34. The SMILES string of the molecule is CCCOOCC(C)OCCC. The third kappa shape index (κ3) is 7.98. The zero-order valence-electron chi connectivity index (χ0n) is 8.34. The maximum atomic E-state index is 5.37. The van der Waals surface area contributed by atoms with Crippen LogP contribution in [0.5, 0.6) is 0 Å². The molecule has 0 bridgehead atoms. The van der Waals surface area contributed by atoms with Crippen LogP contribution in [0.25, 0.3) is 0 Å². The fourth-order valence-electron chi connectivity index (χ4n) is 0.653. The lowest BCUT2D eigenvalue weighted by Gasteiger charge is -2.11.